The van der Waals surface area contributed by atoms with E-state index in [0.717, 1.165) is 11.1 Å². The molecule has 0 aliphatic rings. The predicted octanol–water partition coefficient (Wildman–Crippen LogP) is 4.19. The van der Waals surface area contributed by atoms with Gasteiger partial charge in [0, 0.05) is 6.54 Å². The molecule has 0 aliphatic heterocycles. The minimum absolute atomic E-state index is 0.0718. The van der Waals surface area contributed by atoms with Crippen molar-refractivity contribution in [2.75, 3.05) is 5.32 Å². The Balaban J connectivity index is 2.16. The summed E-state index contributed by atoms with van der Waals surface area (Å²) in [5.41, 5.74) is 3.24. The summed E-state index contributed by atoms with van der Waals surface area (Å²) in [6.45, 7) is 4.41. The standard InChI is InChI=1S/C15H15F2N/c1-10-6-7-12(11(2)8-10)9-18-15-13(16)4-3-5-14(15)17/h3-8,18H,9H2,1-2H3. The second-order valence-electron chi connectivity index (χ2n) is 4.38. The molecule has 0 atom stereocenters. The summed E-state index contributed by atoms with van der Waals surface area (Å²) in [6, 6.07) is 9.85. The first-order valence-corrected chi connectivity index (χ1v) is 5.82. The van der Waals surface area contributed by atoms with E-state index in [2.05, 4.69) is 11.4 Å². The first-order valence-electron chi connectivity index (χ1n) is 5.82. The van der Waals surface area contributed by atoms with E-state index in [-0.39, 0.29) is 5.69 Å². The smallest absolute Gasteiger partial charge is 0.149 e. The van der Waals surface area contributed by atoms with Gasteiger partial charge in [-0.25, -0.2) is 8.78 Å². The fourth-order valence-electron chi connectivity index (χ4n) is 1.89. The molecular weight excluding hydrogens is 232 g/mol. The monoisotopic (exact) mass is 247 g/mol. The van der Waals surface area contributed by atoms with E-state index in [0.29, 0.717) is 6.54 Å². The summed E-state index contributed by atoms with van der Waals surface area (Å²) in [6.07, 6.45) is 0. The molecule has 1 N–H and O–H groups in total. The highest BCUT2D eigenvalue weighted by Crippen LogP contribution is 2.20. The third kappa shape index (κ3) is 2.67. The minimum Gasteiger partial charge on any atom is -0.376 e. The lowest BCUT2D eigenvalue weighted by atomic mass is 10.1. The van der Waals surface area contributed by atoms with Gasteiger partial charge in [-0.05, 0) is 37.1 Å². The molecule has 2 aromatic carbocycles. The third-order valence-electron chi connectivity index (χ3n) is 2.92. The minimum atomic E-state index is -0.570. The molecule has 0 spiro atoms. The van der Waals surface area contributed by atoms with Gasteiger partial charge in [-0.2, -0.15) is 0 Å². The number of rotatable bonds is 3. The van der Waals surface area contributed by atoms with E-state index in [1.54, 1.807) is 0 Å². The van der Waals surface area contributed by atoms with Crippen molar-refractivity contribution in [2.45, 2.75) is 20.4 Å². The Kier molecular flexibility index (Phi) is 3.60. The zero-order valence-electron chi connectivity index (χ0n) is 10.4. The Morgan fingerprint density at radius 2 is 1.67 bits per heavy atom. The molecule has 1 nitrogen and oxygen atoms in total. The Hall–Kier alpha value is -1.90. The molecule has 0 saturated carbocycles. The van der Waals surface area contributed by atoms with E-state index < -0.39 is 11.6 Å². The maximum absolute atomic E-state index is 13.4. The van der Waals surface area contributed by atoms with Crippen LogP contribution in [-0.4, -0.2) is 0 Å². The Bertz CT molecular complexity index is 544. The quantitative estimate of drug-likeness (QED) is 0.857. The van der Waals surface area contributed by atoms with E-state index in [9.17, 15) is 8.78 Å². The molecule has 0 fully saturated rings. The molecule has 0 bridgehead atoms. The number of halogens is 2. The Morgan fingerprint density at radius 3 is 2.28 bits per heavy atom. The number of hydrogen-bond donors (Lipinski definition) is 1. The maximum atomic E-state index is 13.4. The van der Waals surface area contributed by atoms with E-state index in [1.165, 1.54) is 23.8 Å². The summed E-state index contributed by atoms with van der Waals surface area (Å²) >= 11 is 0. The first-order chi connectivity index (χ1) is 8.58. The van der Waals surface area contributed by atoms with Gasteiger partial charge in [0.15, 0.2) is 0 Å². The molecule has 94 valence electrons. The topological polar surface area (TPSA) is 12.0 Å². The van der Waals surface area contributed by atoms with E-state index in [1.807, 2.05) is 26.0 Å². The first kappa shape index (κ1) is 12.6. The number of hydrogen-bond acceptors (Lipinski definition) is 1. The molecule has 18 heavy (non-hydrogen) atoms. The molecule has 0 aliphatic carbocycles. The summed E-state index contributed by atoms with van der Waals surface area (Å²) in [4.78, 5) is 0. The SMILES string of the molecule is Cc1ccc(CNc2c(F)cccc2F)c(C)c1. The van der Waals surface area contributed by atoms with Gasteiger partial charge in [-0.3, -0.25) is 0 Å². The Morgan fingerprint density at radius 1 is 1.00 bits per heavy atom. The zero-order chi connectivity index (χ0) is 13.1. The predicted molar refractivity (Wildman–Crippen MR) is 69.6 cm³/mol. The van der Waals surface area contributed by atoms with Crippen molar-refractivity contribution >= 4 is 5.69 Å². The fourth-order valence-corrected chi connectivity index (χ4v) is 1.89. The van der Waals surface area contributed by atoms with Crippen molar-refractivity contribution in [3.63, 3.8) is 0 Å². The van der Waals surface area contributed by atoms with Crippen molar-refractivity contribution in [1.29, 1.82) is 0 Å². The molecule has 0 aromatic heterocycles. The van der Waals surface area contributed by atoms with Crippen molar-refractivity contribution < 1.29 is 8.78 Å². The van der Waals surface area contributed by atoms with Crippen LogP contribution in [0.25, 0.3) is 0 Å². The van der Waals surface area contributed by atoms with Crippen molar-refractivity contribution in [1.82, 2.24) is 0 Å². The van der Waals surface area contributed by atoms with Crippen LogP contribution in [-0.2, 0) is 6.54 Å². The van der Waals surface area contributed by atoms with Gasteiger partial charge in [0.25, 0.3) is 0 Å². The summed E-state index contributed by atoms with van der Waals surface area (Å²) in [5.74, 6) is -1.14. The van der Waals surface area contributed by atoms with Crippen LogP contribution in [0.1, 0.15) is 16.7 Å². The van der Waals surface area contributed by atoms with Gasteiger partial charge in [0.1, 0.15) is 17.3 Å². The normalized spacial score (nSPS) is 10.4. The van der Waals surface area contributed by atoms with Crippen LogP contribution in [0.2, 0.25) is 0 Å². The summed E-state index contributed by atoms with van der Waals surface area (Å²) in [7, 11) is 0. The van der Waals surface area contributed by atoms with Crippen LogP contribution < -0.4 is 5.32 Å². The largest absolute Gasteiger partial charge is 0.376 e. The van der Waals surface area contributed by atoms with E-state index >= 15 is 0 Å². The number of aryl methyl sites for hydroxylation is 2. The maximum Gasteiger partial charge on any atom is 0.149 e. The summed E-state index contributed by atoms with van der Waals surface area (Å²) in [5, 5.41) is 2.81. The van der Waals surface area contributed by atoms with Crippen molar-refractivity contribution in [2.24, 2.45) is 0 Å². The average molecular weight is 247 g/mol. The van der Waals surface area contributed by atoms with Crippen molar-refractivity contribution in [3.8, 4) is 0 Å². The second kappa shape index (κ2) is 5.17. The third-order valence-corrected chi connectivity index (χ3v) is 2.92. The highest BCUT2D eigenvalue weighted by Gasteiger charge is 2.08. The average Bonchev–Trinajstić information content (AvgIpc) is 2.31. The lowest BCUT2D eigenvalue weighted by Crippen LogP contribution is -2.05. The van der Waals surface area contributed by atoms with Crippen LogP contribution in [0, 0.1) is 25.5 Å². The molecule has 3 heteroatoms. The van der Waals surface area contributed by atoms with Crippen LogP contribution in [0.15, 0.2) is 36.4 Å². The van der Waals surface area contributed by atoms with E-state index in [4.69, 9.17) is 0 Å². The lowest BCUT2D eigenvalue weighted by Gasteiger charge is -2.11. The molecule has 2 aromatic rings. The number of benzene rings is 2. The van der Waals surface area contributed by atoms with Crippen molar-refractivity contribution in [3.05, 3.63) is 64.7 Å². The molecule has 0 radical (unpaired) electrons. The van der Waals surface area contributed by atoms with Crippen LogP contribution in [0.5, 0.6) is 0 Å². The zero-order valence-corrected chi connectivity index (χ0v) is 10.4. The highest BCUT2D eigenvalue weighted by atomic mass is 19.1. The highest BCUT2D eigenvalue weighted by molar-refractivity contribution is 5.47. The van der Waals surface area contributed by atoms with Crippen LogP contribution >= 0.6 is 0 Å². The summed E-state index contributed by atoms with van der Waals surface area (Å²) < 4.78 is 26.8. The molecule has 2 rings (SSSR count). The fraction of sp³-hybridized carbons (Fsp3) is 0.200. The lowest BCUT2D eigenvalue weighted by molar-refractivity contribution is 0.588. The van der Waals surface area contributed by atoms with Crippen LogP contribution in [0.3, 0.4) is 0 Å². The molecule has 0 unspecified atom stereocenters. The molecule has 0 amide bonds. The second-order valence-corrected chi connectivity index (χ2v) is 4.38. The number of anilines is 1. The molecule has 0 saturated heterocycles. The molecule has 0 heterocycles. The van der Waals surface area contributed by atoms with Gasteiger partial charge in [-0.15, -0.1) is 0 Å². The van der Waals surface area contributed by atoms with Gasteiger partial charge in [0.05, 0.1) is 0 Å². The Labute approximate surface area is 105 Å². The number of para-hydroxylation sites is 1. The molecular formula is C15H15F2N. The van der Waals surface area contributed by atoms with Gasteiger partial charge in [0.2, 0.25) is 0 Å². The van der Waals surface area contributed by atoms with Gasteiger partial charge >= 0.3 is 0 Å². The number of nitrogens with one attached hydrogen (secondary N) is 1. The van der Waals surface area contributed by atoms with Crippen LogP contribution in [0.4, 0.5) is 14.5 Å². The van der Waals surface area contributed by atoms with Gasteiger partial charge in [-0.1, -0.05) is 29.8 Å². The van der Waals surface area contributed by atoms with Gasteiger partial charge < -0.3 is 5.32 Å².